The number of aromatic nitrogens is 3. The lowest BCUT2D eigenvalue weighted by molar-refractivity contribution is 0.106. The van der Waals surface area contributed by atoms with Crippen molar-refractivity contribution in [1.29, 1.82) is 0 Å². The monoisotopic (exact) mass is 399 g/mol. The van der Waals surface area contributed by atoms with Crippen molar-refractivity contribution >= 4 is 40.9 Å². The number of hydrogen-bond acceptors (Lipinski definition) is 4. The molecule has 7 heteroatoms. The zero-order chi connectivity index (χ0) is 19.0. The predicted octanol–water partition coefficient (Wildman–Crippen LogP) is 2.58. The molecule has 3 aromatic rings. The van der Waals surface area contributed by atoms with Gasteiger partial charge in [-0.3, -0.25) is 14.3 Å². The van der Waals surface area contributed by atoms with E-state index in [1.54, 1.807) is 28.9 Å². The Labute approximate surface area is 164 Å². The number of hydrogen-bond donors (Lipinski definition) is 1. The summed E-state index contributed by atoms with van der Waals surface area (Å²) >= 11 is 7.12. The van der Waals surface area contributed by atoms with Crippen molar-refractivity contribution in [3.63, 3.8) is 0 Å². The van der Waals surface area contributed by atoms with Gasteiger partial charge in [0.1, 0.15) is 0 Å². The zero-order valence-electron chi connectivity index (χ0n) is 14.7. The fourth-order valence-electron chi connectivity index (χ4n) is 3.14. The van der Waals surface area contributed by atoms with Gasteiger partial charge in [0.05, 0.1) is 21.1 Å². The van der Waals surface area contributed by atoms with Crippen LogP contribution >= 0.6 is 22.9 Å². The summed E-state index contributed by atoms with van der Waals surface area (Å²) < 4.78 is 2.89. The van der Waals surface area contributed by atoms with Gasteiger partial charge in [0.15, 0.2) is 5.78 Å². The van der Waals surface area contributed by atoms with E-state index in [1.807, 2.05) is 19.3 Å². The number of benzene rings is 1. The number of rotatable bonds is 4. The number of ketones is 1. The maximum absolute atomic E-state index is 12.4. The number of halogens is 1. The van der Waals surface area contributed by atoms with Crippen molar-refractivity contribution in [2.24, 2.45) is 7.05 Å². The normalized spacial score (nSPS) is 15.9. The first-order chi connectivity index (χ1) is 13.0. The molecular weight excluding hydrogens is 382 g/mol. The van der Waals surface area contributed by atoms with Crippen LogP contribution in [-0.4, -0.2) is 20.5 Å². The van der Waals surface area contributed by atoms with Gasteiger partial charge in [0, 0.05) is 29.3 Å². The number of thiazole rings is 1. The molecule has 1 fully saturated rings. The lowest BCUT2D eigenvalue weighted by Crippen LogP contribution is -2.21. The Morgan fingerprint density at radius 2 is 2.07 bits per heavy atom. The number of carbonyl (C=O) groups excluding carboxylic acids is 1. The van der Waals surface area contributed by atoms with Crippen molar-refractivity contribution < 1.29 is 4.79 Å². The Morgan fingerprint density at radius 1 is 1.33 bits per heavy atom. The standard InChI is InChI=1S/C20H18ClN3O2S/c1-24-16(15(11-22-24)12-3-2-4-12)9-18-20(26)23-19(27-18)10-17(25)13-5-7-14(21)8-6-13/h5-12H,2-4H2,1H3,(H,23,26). The Bertz CT molecular complexity index is 1170. The van der Waals surface area contributed by atoms with E-state index in [-0.39, 0.29) is 11.3 Å². The maximum Gasteiger partial charge on any atom is 0.266 e. The Kier molecular flexibility index (Phi) is 4.85. The molecule has 27 heavy (non-hydrogen) atoms. The van der Waals surface area contributed by atoms with Crippen LogP contribution in [0.4, 0.5) is 0 Å². The second-order valence-electron chi connectivity index (χ2n) is 6.68. The molecule has 0 aliphatic heterocycles. The highest BCUT2D eigenvalue weighted by atomic mass is 35.5. The third-order valence-electron chi connectivity index (χ3n) is 4.90. The van der Waals surface area contributed by atoms with Gasteiger partial charge < -0.3 is 4.98 Å². The summed E-state index contributed by atoms with van der Waals surface area (Å²) in [5.74, 6) is 0.355. The van der Waals surface area contributed by atoms with E-state index >= 15 is 0 Å². The molecule has 1 aliphatic carbocycles. The molecule has 138 valence electrons. The number of H-pyrrole nitrogens is 1. The molecule has 0 unspecified atom stereocenters. The van der Waals surface area contributed by atoms with E-state index in [0.29, 0.717) is 25.7 Å². The summed E-state index contributed by atoms with van der Waals surface area (Å²) in [7, 11) is 1.88. The molecule has 1 aromatic carbocycles. The van der Waals surface area contributed by atoms with Crippen LogP contribution in [0.25, 0.3) is 12.2 Å². The Morgan fingerprint density at radius 3 is 2.74 bits per heavy atom. The minimum absolute atomic E-state index is 0.175. The zero-order valence-corrected chi connectivity index (χ0v) is 16.3. The summed E-state index contributed by atoms with van der Waals surface area (Å²) in [5.41, 5.74) is 2.48. The average molecular weight is 400 g/mol. The molecule has 1 saturated carbocycles. The predicted molar refractivity (Wildman–Crippen MR) is 108 cm³/mol. The molecule has 1 aliphatic rings. The highest BCUT2D eigenvalue weighted by Crippen LogP contribution is 2.37. The second kappa shape index (κ2) is 7.29. The molecule has 0 bridgehead atoms. The van der Waals surface area contributed by atoms with Crippen LogP contribution in [0.5, 0.6) is 0 Å². The first kappa shape index (κ1) is 17.9. The minimum atomic E-state index is -0.198. The minimum Gasteiger partial charge on any atom is -0.313 e. The van der Waals surface area contributed by atoms with Gasteiger partial charge in [0.25, 0.3) is 5.56 Å². The number of Topliss-reactive ketones (excluding diaryl/α,β-unsaturated/α-hetero) is 1. The van der Waals surface area contributed by atoms with Gasteiger partial charge in [-0.2, -0.15) is 5.10 Å². The van der Waals surface area contributed by atoms with Crippen LogP contribution in [0.1, 0.15) is 46.8 Å². The molecule has 0 radical (unpaired) electrons. The van der Waals surface area contributed by atoms with Crippen LogP contribution in [0.2, 0.25) is 5.02 Å². The largest absolute Gasteiger partial charge is 0.313 e. The first-order valence-corrected chi connectivity index (χ1v) is 9.95. The number of nitrogens with zero attached hydrogens (tertiary/aromatic N) is 2. The Hall–Kier alpha value is -2.44. The number of aryl methyl sites for hydroxylation is 1. The summed E-state index contributed by atoms with van der Waals surface area (Å²) in [6.07, 6.45) is 8.79. The summed E-state index contributed by atoms with van der Waals surface area (Å²) in [5, 5.41) is 4.93. The number of nitrogens with one attached hydrogen (secondary N) is 1. The number of carbonyl (C=O) groups is 1. The van der Waals surface area contributed by atoms with Gasteiger partial charge in [-0.15, -0.1) is 11.3 Å². The molecule has 0 atom stereocenters. The average Bonchev–Trinajstić information content (AvgIpc) is 3.11. The van der Waals surface area contributed by atoms with Gasteiger partial charge in [-0.1, -0.05) is 18.0 Å². The van der Waals surface area contributed by atoms with E-state index in [9.17, 15) is 9.59 Å². The fraction of sp³-hybridized carbons (Fsp3) is 0.250. The molecule has 0 saturated heterocycles. The lowest BCUT2D eigenvalue weighted by atomic mass is 9.80. The van der Waals surface area contributed by atoms with Crippen molar-refractivity contribution in [3.8, 4) is 0 Å². The topological polar surface area (TPSA) is 67.8 Å². The molecule has 0 amide bonds. The molecular formula is C20H18ClN3O2S. The summed E-state index contributed by atoms with van der Waals surface area (Å²) in [6.45, 7) is 0. The summed E-state index contributed by atoms with van der Waals surface area (Å²) in [6, 6.07) is 6.67. The molecule has 2 heterocycles. The van der Waals surface area contributed by atoms with Crippen LogP contribution in [0.3, 0.4) is 0 Å². The second-order valence-corrected chi connectivity index (χ2v) is 8.20. The fourth-order valence-corrected chi connectivity index (χ4v) is 4.13. The van der Waals surface area contributed by atoms with Gasteiger partial charge >= 0.3 is 0 Å². The third kappa shape index (κ3) is 3.68. The van der Waals surface area contributed by atoms with Crippen molar-refractivity contribution in [1.82, 2.24) is 14.8 Å². The molecule has 1 N–H and O–H groups in total. The molecule has 5 nitrogen and oxygen atoms in total. The van der Waals surface area contributed by atoms with Crippen molar-refractivity contribution in [3.05, 3.63) is 71.9 Å². The van der Waals surface area contributed by atoms with Crippen LogP contribution in [0, 0.1) is 0 Å². The van der Waals surface area contributed by atoms with E-state index in [1.165, 1.54) is 42.2 Å². The Balaban J connectivity index is 1.71. The van der Waals surface area contributed by atoms with Crippen molar-refractivity contribution in [2.75, 3.05) is 0 Å². The van der Waals surface area contributed by atoms with Gasteiger partial charge in [-0.25, -0.2) is 0 Å². The first-order valence-electron chi connectivity index (χ1n) is 8.75. The quantitative estimate of drug-likeness (QED) is 0.685. The van der Waals surface area contributed by atoms with Crippen LogP contribution in [0.15, 0.2) is 35.3 Å². The third-order valence-corrected chi connectivity index (χ3v) is 6.11. The van der Waals surface area contributed by atoms with E-state index in [4.69, 9.17) is 11.6 Å². The highest BCUT2D eigenvalue weighted by molar-refractivity contribution is 7.07. The summed E-state index contributed by atoms with van der Waals surface area (Å²) in [4.78, 5) is 27.5. The highest BCUT2D eigenvalue weighted by Gasteiger charge is 2.23. The SMILES string of the molecule is Cn1ncc(C2CCC2)c1C=c1sc(=CC(=O)c2ccc(Cl)cc2)[nH]c1=O. The maximum atomic E-state index is 12.4. The van der Waals surface area contributed by atoms with Gasteiger partial charge in [0.2, 0.25) is 0 Å². The van der Waals surface area contributed by atoms with Gasteiger partial charge in [-0.05, 0) is 49.1 Å². The van der Waals surface area contributed by atoms with E-state index in [2.05, 4.69) is 10.1 Å². The lowest BCUT2D eigenvalue weighted by Gasteiger charge is -2.25. The van der Waals surface area contributed by atoms with Crippen LogP contribution < -0.4 is 14.8 Å². The number of aromatic amines is 1. The van der Waals surface area contributed by atoms with E-state index < -0.39 is 0 Å². The molecule has 2 aromatic heterocycles. The molecule has 4 rings (SSSR count). The van der Waals surface area contributed by atoms with Crippen LogP contribution in [-0.2, 0) is 7.05 Å². The van der Waals surface area contributed by atoms with Crippen molar-refractivity contribution in [2.45, 2.75) is 25.2 Å². The smallest absolute Gasteiger partial charge is 0.266 e. The molecule has 0 spiro atoms. The van der Waals surface area contributed by atoms with E-state index in [0.717, 1.165) is 5.69 Å².